The van der Waals surface area contributed by atoms with E-state index in [0.29, 0.717) is 28.9 Å². The van der Waals surface area contributed by atoms with E-state index in [1.54, 1.807) is 24.3 Å². The van der Waals surface area contributed by atoms with E-state index in [9.17, 15) is 8.42 Å². The van der Waals surface area contributed by atoms with Crippen LogP contribution in [-0.2, 0) is 16.4 Å². The van der Waals surface area contributed by atoms with E-state index in [0.717, 1.165) is 24.8 Å². The van der Waals surface area contributed by atoms with E-state index in [2.05, 4.69) is 20.2 Å². The van der Waals surface area contributed by atoms with E-state index >= 15 is 0 Å². The van der Waals surface area contributed by atoms with Crippen LogP contribution < -0.4 is 10.0 Å². The molecule has 0 unspecified atom stereocenters. The Kier molecular flexibility index (Phi) is 3.61. The van der Waals surface area contributed by atoms with Gasteiger partial charge in [0.15, 0.2) is 0 Å². The van der Waals surface area contributed by atoms with Crippen LogP contribution in [0.2, 0.25) is 0 Å². The maximum Gasteiger partial charge on any atom is 0.229 e. The Labute approximate surface area is 140 Å². The van der Waals surface area contributed by atoms with Crippen LogP contribution in [0.5, 0.6) is 0 Å². The first-order chi connectivity index (χ1) is 11.4. The number of nitrogens with zero attached hydrogens (tertiary/aromatic N) is 2. The normalized spacial score (nSPS) is 22.0. The van der Waals surface area contributed by atoms with Gasteiger partial charge in [-0.2, -0.15) is 4.98 Å². The Morgan fingerprint density at radius 2 is 2.08 bits per heavy atom. The van der Waals surface area contributed by atoms with Crippen LogP contribution in [0.1, 0.15) is 25.2 Å². The predicted molar refractivity (Wildman–Crippen MR) is 90.0 cm³/mol. The molecule has 0 bridgehead atoms. The summed E-state index contributed by atoms with van der Waals surface area (Å²) in [7, 11) is -3.28. The van der Waals surface area contributed by atoms with Gasteiger partial charge in [-0.1, -0.05) is 5.16 Å². The fraction of sp³-hybridized carbons (Fsp3) is 0.500. The van der Waals surface area contributed by atoms with Gasteiger partial charge in [0.25, 0.3) is 0 Å². The largest absolute Gasteiger partial charge is 0.339 e. The number of nitrogens with one attached hydrogen (secondary N) is 2. The van der Waals surface area contributed by atoms with Gasteiger partial charge in [0.05, 0.1) is 6.26 Å². The smallest absolute Gasteiger partial charge is 0.229 e. The summed E-state index contributed by atoms with van der Waals surface area (Å²) < 4.78 is 30.2. The monoisotopic (exact) mass is 348 g/mol. The highest BCUT2D eigenvalue weighted by Crippen LogP contribution is 2.52. The molecule has 1 spiro atoms. The third-order valence-electron chi connectivity index (χ3n) is 4.74. The standard InChI is InChI=1S/C16H20N4O3S/c1-24(21,22)20-12-4-2-11(3-5-12)15-18-14(23-19-15)8-13-9-16(6-7-16)10-17-13/h2-5,13,17,20H,6-10H2,1H3/t13-/m1/s1. The number of aromatic nitrogens is 2. The van der Waals surface area contributed by atoms with Gasteiger partial charge in [-0.3, -0.25) is 4.72 Å². The van der Waals surface area contributed by atoms with E-state index in [1.807, 2.05) is 0 Å². The Morgan fingerprint density at radius 3 is 2.71 bits per heavy atom. The Morgan fingerprint density at radius 1 is 1.33 bits per heavy atom. The number of anilines is 1. The number of rotatable bonds is 5. The maximum atomic E-state index is 11.2. The molecule has 7 nitrogen and oxygen atoms in total. The molecule has 1 aliphatic carbocycles. The highest BCUT2D eigenvalue weighted by molar-refractivity contribution is 7.92. The summed E-state index contributed by atoms with van der Waals surface area (Å²) in [6.07, 6.45) is 5.73. The van der Waals surface area contributed by atoms with Crippen LogP contribution in [0.25, 0.3) is 11.4 Å². The van der Waals surface area contributed by atoms with Gasteiger partial charge in [-0.15, -0.1) is 0 Å². The van der Waals surface area contributed by atoms with E-state index in [-0.39, 0.29) is 0 Å². The number of hydrogen-bond donors (Lipinski definition) is 2. The molecule has 24 heavy (non-hydrogen) atoms. The molecule has 2 aromatic rings. The molecule has 8 heteroatoms. The second kappa shape index (κ2) is 5.56. The molecule has 1 saturated heterocycles. The minimum absolute atomic E-state index is 0.419. The fourth-order valence-corrected chi connectivity index (χ4v) is 3.86. The first-order valence-electron chi connectivity index (χ1n) is 8.05. The van der Waals surface area contributed by atoms with Crippen LogP contribution >= 0.6 is 0 Å². The van der Waals surface area contributed by atoms with Crippen LogP contribution in [0.15, 0.2) is 28.8 Å². The van der Waals surface area contributed by atoms with E-state index < -0.39 is 10.0 Å². The molecule has 1 aromatic carbocycles. The van der Waals surface area contributed by atoms with Crippen molar-refractivity contribution in [2.45, 2.75) is 31.7 Å². The van der Waals surface area contributed by atoms with Crippen molar-refractivity contribution in [3.8, 4) is 11.4 Å². The molecular weight excluding hydrogens is 328 g/mol. The first-order valence-corrected chi connectivity index (χ1v) is 9.94. The van der Waals surface area contributed by atoms with Crippen molar-refractivity contribution in [1.29, 1.82) is 0 Å². The molecule has 128 valence electrons. The number of hydrogen-bond acceptors (Lipinski definition) is 6. The lowest BCUT2D eigenvalue weighted by Gasteiger charge is -2.05. The average molecular weight is 348 g/mol. The lowest BCUT2D eigenvalue weighted by molar-refractivity contribution is 0.362. The lowest BCUT2D eigenvalue weighted by Crippen LogP contribution is -2.23. The zero-order chi connectivity index (χ0) is 16.8. The van der Waals surface area contributed by atoms with Crippen molar-refractivity contribution in [3.63, 3.8) is 0 Å². The highest BCUT2D eigenvalue weighted by atomic mass is 32.2. The van der Waals surface area contributed by atoms with Gasteiger partial charge in [0.1, 0.15) is 0 Å². The molecule has 2 N–H and O–H groups in total. The SMILES string of the molecule is CS(=O)(=O)Nc1ccc(-c2noc(C[C@@H]3CC4(CC4)CN3)n2)cc1. The fourth-order valence-electron chi connectivity index (χ4n) is 3.30. The first kappa shape index (κ1) is 15.6. The van der Waals surface area contributed by atoms with Crippen molar-refractivity contribution in [1.82, 2.24) is 15.5 Å². The molecule has 2 fully saturated rings. The van der Waals surface area contributed by atoms with Gasteiger partial charge >= 0.3 is 0 Å². The summed E-state index contributed by atoms with van der Waals surface area (Å²) in [6, 6.07) is 7.33. The summed E-state index contributed by atoms with van der Waals surface area (Å²) in [5.41, 5.74) is 1.85. The summed E-state index contributed by atoms with van der Waals surface area (Å²) in [5.74, 6) is 1.16. The van der Waals surface area contributed by atoms with Gasteiger partial charge in [0, 0.05) is 30.3 Å². The Bertz CT molecular complexity index is 840. The van der Waals surface area contributed by atoms with Crippen LogP contribution in [0.3, 0.4) is 0 Å². The molecule has 1 atom stereocenters. The second-order valence-electron chi connectivity index (χ2n) is 6.95. The molecule has 2 heterocycles. The topological polar surface area (TPSA) is 97.1 Å². The second-order valence-corrected chi connectivity index (χ2v) is 8.70. The molecule has 1 saturated carbocycles. The summed E-state index contributed by atoms with van der Waals surface area (Å²) in [5, 5.41) is 7.58. The van der Waals surface area contributed by atoms with E-state index in [1.165, 1.54) is 19.3 Å². The molecule has 0 amide bonds. The molecule has 1 aliphatic heterocycles. The van der Waals surface area contributed by atoms with Crippen molar-refractivity contribution in [2.75, 3.05) is 17.5 Å². The van der Waals surface area contributed by atoms with Crippen molar-refractivity contribution in [3.05, 3.63) is 30.2 Å². The average Bonchev–Trinajstić information content (AvgIpc) is 2.92. The van der Waals surface area contributed by atoms with E-state index in [4.69, 9.17) is 4.52 Å². The van der Waals surface area contributed by atoms with Gasteiger partial charge < -0.3 is 9.84 Å². The van der Waals surface area contributed by atoms with Gasteiger partial charge in [0.2, 0.25) is 21.7 Å². The van der Waals surface area contributed by atoms with Crippen molar-refractivity contribution < 1.29 is 12.9 Å². The molecule has 1 aromatic heterocycles. The summed E-state index contributed by atoms with van der Waals surface area (Å²) >= 11 is 0. The minimum Gasteiger partial charge on any atom is -0.339 e. The van der Waals surface area contributed by atoms with Crippen LogP contribution in [-0.4, -0.2) is 37.4 Å². The minimum atomic E-state index is -3.28. The zero-order valence-corrected chi connectivity index (χ0v) is 14.3. The quantitative estimate of drug-likeness (QED) is 0.855. The molecular formula is C16H20N4O3S. The Hall–Kier alpha value is -1.93. The number of sulfonamides is 1. The van der Waals surface area contributed by atoms with Crippen LogP contribution in [0, 0.1) is 5.41 Å². The number of benzene rings is 1. The van der Waals surface area contributed by atoms with Crippen LogP contribution in [0.4, 0.5) is 5.69 Å². The Balaban J connectivity index is 1.42. The van der Waals surface area contributed by atoms with Gasteiger partial charge in [-0.05, 0) is 48.9 Å². The maximum absolute atomic E-state index is 11.2. The molecule has 0 radical (unpaired) electrons. The molecule has 4 rings (SSSR count). The third-order valence-corrected chi connectivity index (χ3v) is 5.34. The lowest BCUT2D eigenvalue weighted by atomic mass is 10.0. The van der Waals surface area contributed by atoms with Crippen molar-refractivity contribution >= 4 is 15.7 Å². The third kappa shape index (κ3) is 3.44. The summed E-state index contributed by atoms with van der Waals surface area (Å²) in [6.45, 7) is 1.10. The predicted octanol–water partition coefficient (Wildman–Crippen LogP) is 1.79. The van der Waals surface area contributed by atoms with Gasteiger partial charge in [-0.25, -0.2) is 8.42 Å². The highest BCUT2D eigenvalue weighted by Gasteiger charge is 2.48. The van der Waals surface area contributed by atoms with Crippen molar-refractivity contribution in [2.24, 2.45) is 5.41 Å². The summed E-state index contributed by atoms with van der Waals surface area (Å²) in [4.78, 5) is 4.46. The molecule has 2 aliphatic rings. The zero-order valence-electron chi connectivity index (χ0n) is 13.4.